The van der Waals surface area contributed by atoms with Crippen molar-refractivity contribution in [3.63, 3.8) is 0 Å². The maximum absolute atomic E-state index is 13.4. The Bertz CT molecular complexity index is 1420. The largest absolute Gasteiger partial charge is 0.461 e. The average Bonchev–Trinajstić information content (AvgIpc) is 3.63. The molecule has 2 aromatic carbocycles. The molecule has 4 aromatic rings. The van der Waals surface area contributed by atoms with Crippen LogP contribution in [0.3, 0.4) is 0 Å². The minimum Gasteiger partial charge on any atom is -0.461 e. The first-order valence-corrected chi connectivity index (χ1v) is 14.3. The highest BCUT2D eigenvalue weighted by Gasteiger charge is 2.33. The van der Waals surface area contributed by atoms with Gasteiger partial charge in [-0.15, -0.1) is 10.2 Å². The molecule has 8 nitrogen and oxygen atoms in total. The van der Waals surface area contributed by atoms with Crippen LogP contribution < -0.4 is 0 Å². The Balaban J connectivity index is 1.26. The molecule has 39 heavy (non-hydrogen) atoms. The van der Waals surface area contributed by atoms with Crippen molar-refractivity contribution < 1.29 is 14.0 Å². The van der Waals surface area contributed by atoms with Crippen molar-refractivity contribution in [2.75, 3.05) is 25.4 Å². The van der Waals surface area contributed by atoms with Gasteiger partial charge in [-0.05, 0) is 49.6 Å². The van der Waals surface area contributed by atoms with Gasteiger partial charge in [0.1, 0.15) is 0 Å². The van der Waals surface area contributed by atoms with Crippen molar-refractivity contribution in [3.05, 3.63) is 84.1 Å². The van der Waals surface area contributed by atoms with E-state index < -0.39 is 0 Å². The number of rotatable bonds is 8. The summed E-state index contributed by atoms with van der Waals surface area (Å²) < 4.78 is 7.55. The van der Waals surface area contributed by atoms with Crippen molar-refractivity contribution in [3.8, 4) is 17.3 Å². The molecule has 202 valence electrons. The number of aromatic nitrogens is 3. The molecule has 0 bridgehead atoms. The molecule has 1 aliphatic heterocycles. The van der Waals surface area contributed by atoms with E-state index in [0.717, 1.165) is 23.2 Å². The van der Waals surface area contributed by atoms with E-state index in [9.17, 15) is 9.59 Å². The van der Waals surface area contributed by atoms with E-state index >= 15 is 0 Å². The van der Waals surface area contributed by atoms with Crippen LogP contribution in [0.15, 0.2) is 82.6 Å². The Morgan fingerprint density at radius 3 is 2.49 bits per heavy atom. The van der Waals surface area contributed by atoms with Gasteiger partial charge in [-0.2, -0.15) is 0 Å². The molecule has 2 amide bonds. The predicted molar refractivity (Wildman–Crippen MR) is 152 cm³/mol. The van der Waals surface area contributed by atoms with Gasteiger partial charge in [0.05, 0.1) is 23.6 Å². The smallest absolute Gasteiger partial charge is 0.233 e. The van der Waals surface area contributed by atoms with Gasteiger partial charge in [-0.3, -0.25) is 14.2 Å². The zero-order chi connectivity index (χ0) is 27.4. The zero-order valence-corrected chi connectivity index (χ0v) is 23.3. The number of furan rings is 1. The molecule has 0 spiro atoms. The summed E-state index contributed by atoms with van der Waals surface area (Å²) >= 11 is 1.36. The quantitative estimate of drug-likeness (QED) is 0.285. The lowest BCUT2D eigenvalue weighted by atomic mass is 9.94. The molecule has 2 unspecified atom stereocenters. The number of hydrogen-bond acceptors (Lipinski definition) is 6. The molecule has 0 aliphatic carbocycles. The van der Waals surface area contributed by atoms with Gasteiger partial charge in [0.25, 0.3) is 0 Å². The van der Waals surface area contributed by atoms with Gasteiger partial charge in [0.15, 0.2) is 10.9 Å². The van der Waals surface area contributed by atoms with E-state index in [1.807, 2.05) is 102 Å². The van der Waals surface area contributed by atoms with E-state index in [-0.39, 0.29) is 29.5 Å². The second-order valence-electron chi connectivity index (χ2n) is 9.79. The molecule has 1 aliphatic rings. The van der Waals surface area contributed by atoms with Gasteiger partial charge in [0, 0.05) is 25.7 Å². The maximum atomic E-state index is 13.4. The van der Waals surface area contributed by atoms with Crippen LogP contribution in [-0.2, 0) is 9.59 Å². The SMILES string of the molecule is CCC(C(=O)N1CCN(C(=O)CSc2nnc(-c3ccco3)n2-c2ccccc2C)CC1C)c1ccccc1. The highest BCUT2D eigenvalue weighted by molar-refractivity contribution is 7.99. The van der Waals surface area contributed by atoms with Gasteiger partial charge in [0.2, 0.25) is 17.6 Å². The number of benzene rings is 2. The Labute approximate surface area is 233 Å². The molecule has 5 rings (SSSR count). The van der Waals surface area contributed by atoms with Gasteiger partial charge in [-0.25, -0.2) is 0 Å². The number of amides is 2. The topological polar surface area (TPSA) is 84.5 Å². The number of hydrogen-bond donors (Lipinski definition) is 0. The van der Waals surface area contributed by atoms with Crippen LogP contribution in [0.4, 0.5) is 0 Å². The normalized spacial score (nSPS) is 16.3. The van der Waals surface area contributed by atoms with Crippen LogP contribution >= 0.6 is 11.8 Å². The zero-order valence-electron chi connectivity index (χ0n) is 22.5. The number of nitrogens with zero attached hydrogens (tertiary/aromatic N) is 5. The molecule has 0 N–H and O–H groups in total. The first-order chi connectivity index (χ1) is 19.0. The lowest BCUT2D eigenvalue weighted by Gasteiger charge is -2.41. The number of piperazine rings is 1. The molecule has 3 heterocycles. The van der Waals surface area contributed by atoms with Crippen molar-refractivity contribution in [2.24, 2.45) is 0 Å². The predicted octanol–water partition coefficient (Wildman–Crippen LogP) is 5.18. The monoisotopic (exact) mass is 543 g/mol. The molecular weight excluding hydrogens is 510 g/mol. The number of para-hydroxylation sites is 1. The third-order valence-corrected chi connectivity index (χ3v) is 8.14. The van der Waals surface area contributed by atoms with Crippen molar-refractivity contribution in [1.82, 2.24) is 24.6 Å². The fraction of sp³-hybridized carbons (Fsp3) is 0.333. The first kappa shape index (κ1) is 26.7. The summed E-state index contributed by atoms with van der Waals surface area (Å²) in [5.41, 5.74) is 3.04. The third-order valence-electron chi connectivity index (χ3n) is 7.23. The highest BCUT2D eigenvalue weighted by atomic mass is 32.2. The van der Waals surface area contributed by atoms with E-state index in [2.05, 4.69) is 10.2 Å². The van der Waals surface area contributed by atoms with E-state index in [1.54, 1.807) is 6.26 Å². The highest BCUT2D eigenvalue weighted by Crippen LogP contribution is 2.30. The molecule has 9 heteroatoms. The molecule has 0 saturated carbocycles. The van der Waals surface area contributed by atoms with Crippen molar-refractivity contribution in [2.45, 2.75) is 44.3 Å². The Morgan fingerprint density at radius 2 is 1.79 bits per heavy atom. The lowest BCUT2D eigenvalue weighted by molar-refractivity contribution is -0.142. The summed E-state index contributed by atoms with van der Waals surface area (Å²) in [5, 5.41) is 9.42. The van der Waals surface area contributed by atoms with Crippen LogP contribution in [-0.4, -0.2) is 67.8 Å². The van der Waals surface area contributed by atoms with Crippen LogP contribution in [0.1, 0.15) is 37.3 Å². The second kappa shape index (κ2) is 11.9. The number of carbonyl (C=O) groups excluding carboxylic acids is 2. The summed E-state index contributed by atoms with van der Waals surface area (Å²) in [6, 6.07) is 21.5. The van der Waals surface area contributed by atoms with E-state index in [0.29, 0.717) is 36.4 Å². The fourth-order valence-electron chi connectivity index (χ4n) is 5.13. The summed E-state index contributed by atoms with van der Waals surface area (Å²) in [6.07, 6.45) is 2.35. The minimum absolute atomic E-state index is 0.0212. The number of aryl methyl sites for hydroxylation is 1. The van der Waals surface area contributed by atoms with Crippen molar-refractivity contribution >= 4 is 23.6 Å². The molecule has 2 aromatic heterocycles. The summed E-state index contributed by atoms with van der Waals surface area (Å²) in [7, 11) is 0. The Hall–Kier alpha value is -3.85. The van der Waals surface area contributed by atoms with Crippen LogP contribution in [0.2, 0.25) is 0 Å². The number of carbonyl (C=O) groups is 2. The minimum atomic E-state index is -0.164. The Kier molecular flexibility index (Phi) is 8.16. The van der Waals surface area contributed by atoms with Crippen LogP contribution in [0.5, 0.6) is 0 Å². The van der Waals surface area contributed by atoms with Crippen LogP contribution in [0.25, 0.3) is 17.3 Å². The Morgan fingerprint density at radius 1 is 1.03 bits per heavy atom. The van der Waals surface area contributed by atoms with E-state index in [4.69, 9.17) is 4.42 Å². The standard InChI is InChI=1S/C30H33N5O3S/c1-4-24(23-12-6-5-7-13-23)29(37)34-17-16-33(19-22(34)3)27(36)20-39-30-32-31-28(26-15-10-18-38-26)35(30)25-14-9-8-11-21(25)2/h5-15,18,22,24H,4,16-17,19-20H2,1-3H3. The summed E-state index contributed by atoms with van der Waals surface area (Å²) in [6.45, 7) is 7.66. The van der Waals surface area contributed by atoms with E-state index in [1.165, 1.54) is 11.8 Å². The average molecular weight is 544 g/mol. The molecular formula is C30H33N5O3S. The van der Waals surface area contributed by atoms with Gasteiger partial charge in [-0.1, -0.05) is 67.2 Å². The molecule has 0 radical (unpaired) electrons. The maximum Gasteiger partial charge on any atom is 0.233 e. The molecule has 1 fully saturated rings. The van der Waals surface area contributed by atoms with Crippen molar-refractivity contribution in [1.29, 1.82) is 0 Å². The third kappa shape index (κ3) is 5.63. The summed E-state index contributed by atoms with van der Waals surface area (Å²) in [5.74, 6) is 1.42. The lowest BCUT2D eigenvalue weighted by Crippen LogP contribution is -2.56. The molecule has 1 saturated heterocycles. The summed E-state index contributed by atoms with van der Waals surface area (Å²) in [4.78, 5) is 30.5. The number of thioether (sulfide) groups is 1. The molecule has 2 atom stereocenters. The first-order valence-electron chi connectivity index (χ1n) is 13.3. The van der Waals surface area contributed by atoms with Gasteiger partial charge < -0.3 is 14.2 Å². The second-order valence-corrected chi connectivity index (χ2v) is 10.7. The fourth-order valence-corrected chi connectivity index (χ4v) is 5.98. The van der Waals surface area contributed by atoms with Crippen LogP contribution in [0, 0.1) is 6.92 Å². The van der Waals surface area contributed by atoms with Gasteiger partial charge >= 0.3 is 0 Å².